The topological polar surface area (TPSA) is 42.7 Å². The number of halogens is 1. The average molecular weight is 319 g/mol. The third-order valence-electron chi connectivity index (χ3n) is 3.05. The first-order valence-electron chi connectivity index (χ1n) is 6.72. The summed E-state index contributed by atoms with van der Waals surface area (Å²) >= 11 is 7.94. The Hall–Kier alpha value is -1.85. The first-order valence-corrected chi connectivity index (χ1v) is 7.98. The lowest BCUT2D eigenvalue weighted by Gasteiger charge is -2.10. The number of nitrogens with zero attached hydrogens (tertiary/aromatic N) is 3. The molecular formula is C15H15ClN4S. The monoisotopic (exact) mass is 318 g/mol. The number of imidazole rings is 1. The summed E-state index contributed by atoms with van der Waals surface area (Å²) in [5.74, 6) is 1.78. The van der Waals surface area contributed by atoms with E-state index < -0.39 is 0 Å². The Labute approximate surface area is 132 Å². The molecule has 0 amide bonds. The van der Waals surface area contributed by atoms with Crippen LogP contribution in [0.3, 0.4) is 0 Å². The van der Waals surface area contributed by atoms with Crippen LogP contribution < -0.4 is 5.32 Å². The normalized spacial score (nSPS) is 10.8. The molecule has 4 nitrogen and oxygen atoms in total. The third kappa shape index (κ3) is 3.09. The average Bonchev–Trinajstić information content (AvgIpc) is 3.13. The Morgan fingerprint density at radius 1 is 1.33 bits per heavy atom. The lowest BCUT2D eigenvalue weighted by molar-refractivity contribution is 0.784. The summed E-state index contributed by atoms with van der Waals surface area (Å²) in [4.78, 5) is 10.1. The number of anilines is 1. The Kier molecular flexibility index (Phi) is 4.22. The molecule has 0 aliphatic heterocycles. The van der Waals surface area contributed by atoms with E-state index >= 15 is 0 Å². The minimum Gasteiger partial charge on any atom is -0.370 e. The van der Waals surface area contributed by atoms with Gasteiger partial charge in [-0.05, 0) is 30.5 Å². The minimum absolute atomic E-state index is 0.602. The van der Waals surface area contributed by atoms with Crippen molar-refractivity contribution in [3.63, 3.8) is 0 Å². The molecule has 3 aromatic rings. The van der Waals surface area contributed by atoms with E-state index in [1.807, 2.05) is 36.7 Å². The van der Waals surface area contributed by atoms with Crippen LogP contribution in [0.5, 0.6) is 0 Å². The third-order valence-corrected chi connectivity index (χ3v) is 4.26. The standard InChI is InChI=1S/C15H15ClN4S/c1-2-17-14-6-5-11(16)12(19-14)10-20-8-7-18-15(20)13-4-3-9-21-13/h3-9H,2,10H2,1H3,(H,17,19). The summed E-state index contributed by atoms with van der Waals surface area (Å²) in [5.41, 5.74) is 0.839. The summed E-state index contributed by atoms with van der Waals surface area (Å²) in [6.45, 7) is 3.48. The molecule has 21 heavy (non-hydrogen) atoms. The van der Waals surface area contributed by atoms with Gasteiger partial charge in [-0.2, -0.15) is 0 Å². The SMILES string of the molecule is CCNc1ccc(Cl)c(Cn2ccnc2-c2cccs2)n1. The van der Waals surface area contributed by atoms with Crippen LogP contribution in [0, 0.1) is 0 Å². The van der Waals surface area contributed by atoms with Crippen LogP contribution in [0.25, 0.3) is 10.7 Å². The number of pyridine rings is 1. The van der Waals surface area contributed by atoms with Crippen molar-refractivity contribution in [1.29, 1.82) is 0 Å². The molecule has 0 aliphatic rings. The molecule has 1 N–H and O–H groups in total. The minimum atomic E-state index is 0.602. The maximum Gasteiger partial charge on any atom is 0.150 e. The van der Waals surface area contributed by atoms with Crippen molar-refractivity contribution in [2.45, 2.75) is 13.5 Å². The summed E-state index contributed by atoms with van der Waals surface area (Å²) in [6, 6.07) is 7.86. The van der Waals surface area contributed by atoms with E-state index in [0.29, 0.717) is 11.6 Å². The van der Waals surface area contributed by atoms with Crippen LogP contribution in [0.1, 0.15) is 12.6 Å². The predicted octanol–water partition coefficient (Wildman–Crippen LogP) is 4.14. The fourth-order valence-corrected chi connectivity index (χ4v) is 3.01. The largest absolute Gasteiger partial charge is 0.370 e. The second kappa shape index (κ2) is 6.28. The molecule has 0 saturated carbocycles. The van der Waals surface area contributed by atoms with Gasteiger partial charge in [0.1, 0.15) is 11.6 Å². The molecule has 108 valence electrons. The summed E-state index contributed by atoms with van der Waals surface area (Å²) in [5, 5.41) is 5.92. The Balaban J connectivity index is 1.91. The van der Waals surface area contributed by atoms with Gasteiger partial charge in [-0.15, -0.1) is 11.3 Å². The van der Waals surface area contributed by atoms with E-state index in [-0.39, 0.29) is 0 Å². The van der Waals surface area contributed by atoms with Gasteiger partial charge in [0.25, 0.3) is 0 Å². The first kappa shape index (κ1) is 14.1. The van der Waals surface area contributed by atoms with E-state index in [9.17, 15) is 0 Å². The van der Waals surface area contributed by atoms with E-state index in [4.69, 9.17) is 11.6 Å². The van der Waals surface area contributed by atoms with E-state index in [0.717, 1.165) is 28.8 Å². The maximum absolute atomic E-state index is 6.27. The van der Waals surface area contributed by atoms with Crippen LogP contribution in [0.2, 0.25) is 5.02 Å². The van der Waals surface area contributed by atoms with Crippen molar-refractivity contribution >= 4 is 28.8 Å². The lowest BCUT2D eigenvalue weighted by atomic mass is 10.3. The van der Waals surface area contributed by atoms with Crippen molar-refractivity contribution < 1.29 is 0 Å². The predicted molar refractivity (Wildman–Crippen MR) is 88.1 cm³/mol. The van der Waals surface area contributed by atoms with E-state index in [2.05, 4.69) is 25.9 Å². The molecule has 0 unspecified atom stereocenters. The Bertz CT molecular complexity index is 721. The molecule has 0 radical (unpaired) electrons. The summed E-state index contributed by atoms with van der Waals surface area (Å²) < 4.78 is 2.07. The highest BCUT2D eigenvalue weighted by Crippen LogP contribution is 2.25. The zero-order chi connectivity index (χ0) is 14.7. The second-order valence-corrected chi connectivity index (χ2v) is 5.87. The number of nitrogens with one attached hydrogen (secondary N) is 1. The molecule has 3 heterocycles. The van der Waals surface area contributed by atoms with Gasteiger partial charge in [0.05, 0.1) is 22.1 Å². The van der Waals surface area contributed by atoms with Crippen molar-refractivity contribution in [2.24, 2.45) is 0 Å². The fourth-order valence-electron chi connectivity index (χ4n) is 2.10. The molecule has 3 aromatic heterocycles. The van der Waals surface area contributed by atoms with E-state index in [1.165, 1.54) is 0 Å². The van der Waals surface area contributed by atoms with Crippen molar-refractivity contribution in [3.05, 3.63) is 52.8 Å². The molecule has 0 aromatic carbocycles. The molecule has 6 heteroatoms. The van der Waals surface area contributed by atoms with Gasteiger partial charge in [-0.25, -0.2) is 9.97 Å². The van der Waals surface area contributed by atoms with Gasteiger partial charge in [-0.1, -0.05) is 17.7 Å². The quantitative estimate of drug-likeness (QED) is 0.768. The van der Waals surface area contributed by atoms with Gasteiger partial charge in [-0.3, -0.25) is 0 Å². The maximum atomic E-state index is 6.27. The zero-order valence-electron chi connectivity index (χ0n) is 11.6. The highest BCUT2D eigenvalue weighted by atomic mass is 35.5. The second-order valence-electron chi connectivity index (χ2n) is 4.51. The van der Waals surface area contributed by atoms with Crippen molar-refractivity contribution in [3.8, 4) is 10.7 Å². The van der Waals surface area contributed by atoms with Crippen LogP contribution >= 0.6 is 22.9 Å². The first-order chi connectivity index (χ1) is 10.3. The van der Waals surface area contributed by atoms with Gasteiger partial charge >= 0.3 is 0 Å². The van der Waals surface area contributed by atoms with Gasteiger partial charge in [0.2, 0.25) is 0 Å². The number of hydrogen-bond donors (Lipinski definition) is 1. The van der Waals surface area contributed by atoms with Crippen molar-refractivity contribution in [2.75, 3.05) is 11.9 Å². The van der Waals surface area contributed by atoms with Crippen LogP contribution in [0.15, 0.2) is 42.0 Å². The highest BCUT2D eigenvalue weighted by molar-refractivity contribution is 7.13. The van der Waals surface area contributed by atoms with Gasteiger partial charge < -0.3 is 9.88 Å². The molecule has 0 aliphatic carbocycles. The number of thiophene rings is 1. The van der Waals surface area contributed by atoms with Crippen LogP contribution in [-0.4, -0.2) is 21.1 Å². The number of aromatic nitrogens is 3. The Morgan fingerprint density at radius 3 is 3.00 bits per heavy atom. The van der Waals surface area contributed by atoms with Crippen LogP contribution in [-0.2, 0) is 6.54 Å². The molecule has 0 spiro atoms. The summed E-state index contributed by atoms with van der Waals surface area (Å²) in [6.07, 6.45) is 3.75. The molecule has 0 fully saturated rings. The van der Waals surface area contributed by atoms with Crippen molar-refractivity contribution in [1.82, 2.24) is 14.5 Å². The van der Waals surface area contributed by atoms with Gasteiger partial charge in [0.15, 0.2) is 0 Å². The zero-order valence-corrected chi connectivity index (χ0v) is 13.2. The van der Waals surface area contributed by atoms with E-state index in [1.54, 1.807) is 17.5 Å². The lowest BCUT2D eigenvalue weighted by Crippen LogP contribution is -2.06. The van der Waals surface area contributed by atoms with Gasteiger partial charge in [0, 0.05) is 18.9 Å². The molecule has 0 atom stereocenters. The highest BCUT2D eigenvalue weighted by Gasteiger charge is 2.10. The van der Waals surface area contributed by atoms with Crippen LogP contribution in [0.4, 0.5) is 5.82 Å². The Morgan fingerprint density at radius 2 is 2.24 bits per heavy atom. The molecule has 0 bridgehead atoms. The fraction of sp³-hybridized carbons (Fsp3) is 0.200. The molecule has 0 saturated heterocycles. The number of rotatable bonds is 5. The molecular weight excluding hydrogens is 304 g/mol. The number of hydrogen-bond acceptors (Lipinski definition) is 4. The summed E-state index contributed by atoms with van der Waals surface area (Å²) in [7, 11) is 0. The molecule has 3 rings (SSSR count). The smallest absolute Gasteiger partial charge is 0.150 e.